The molecule has 2 aromatic carbocycles. The highest BCUT2D eigenvalue weighted by atomic mass is 35.5. The normalized spacial score (nSPS) is 10.6. The molecule has 0 aliphatic carbocycles. The number of nitrogens with one attached hydrogen (secondary N) is 1. The molecule has 0 radical (unpaired) electrons. The summed E-state index contributed by atoms with van der Waals surface area (Å²) in [4.78, 5) is 21.9. The molecular weight excluding hydrogens is 334 g/mol. The summed E-state index contributed by atoms with van der Waals surface area (Å²) in [5.41, 5.74) is 3.21. The fraction of sp³-hybridized carbons (Fsp3) is 0.125. The zero-order chi connectivity index (χ0) is 17.5. The van der Waals surface area contributed by atoms with E-state index in [4.69, 9.17) is 16.3 Å². The quantitative estimate of drug-likeness (QED) is 0.492. The highest BCUT2D eigenvalue weighted by Crippen LogP contribution is 2.24. The Hall–Kier alpha value is -2.93. The van der Waals surface area contributed by atoms with E-state index in [-0.39, 0.29) is 11.3 Å². The number of nitrogens with zero attached hydrogens (tertiary/aromatic N) is 2. The Bertz CT molecular complexity index is 775. The van der Waals surface area contributed by atoms with Crippen LogP contribution in [0.15, 0.2) is 47.6 Å². The summed E-state index contributed by atoms with van der Waals surface area (Å²) in [6.45, 7) is 2.37. The Labute approximate surface area is 143 Å². The van der Waals surface area contributed by atoms with Crippen molar-refractivity contribution in [1.29, 1.82) is 0 Å². The van der Waals surface area contributed by atoms with Gasteiger partial charge >= 0.3 is 0 Å². The van der Waals surface area contributed by atoms with Crippen molar-refractivity contribution in [2.24, 2.45) is 5.10 Å². The smallest absolute Gasteiger partial charge is 0.271 e. The summed E-state index contributed by atoms with van der Waals surface area (Å²) in [5, 5.41) is 14.8. The van der Waals surface area contributed by atoms with Gasteiger partial charge in [-0.25, -0.2) is 5.43 Å². The first-order valence-electron chi connectivity index (χ1n) is 7.01. The second-order valence-electron chi connectivity index (χ2n) is 4.63. The molecule has 1 amide bonds. The van der Waals surface area contributed by atoms with Crippen LogP contribution >= 0.6 is 11.6 Å². The lowest BCUT2D eigenvalue weighted by atomic mass is 10.2. The summed E-state index contributed by atoms with van der Waals surface area (Å²) >= 11 is 6.06. The van der Waals surface area contributed by atoms with E-state index in [1.54, 1.807) is 18.2 Å². The number of nitro groups is 1. The summed E-state index contributed by atoms with van der Waals surface area (Å²) in [7, 11) is 0. The number of amides is 1. The number of hydrogen-bond donors (Lipinski definition) is 1. The standard InChI is InChI=1S/C16H14ClN3O4/c1-2-24-15-8-3-11(9-14(15)17)10-18-19-16(21)12-4-6-13(7-5-12)20(22)23/h3-10H,2H2,1H3,(H,19,21)/b18-10+. The van der Waals surface area contributed by atoms with Crippen LogP contribution in [0.5, 0.6) is 5.75 Å². The van der Waals surface area contributed by atoms with Crippen LogP contribution in [0.3, 0.4) is 0 Å². The molecule has 0 saturated carbocycles. The maximum Gasteiger partial charge on any atom is 0.271 e. The average Bonchev–Trinajstić information content (AvgIpc) is 2.57. The Morgan fingerprint density at radius 3 is 2.62 bits per heavy atom. The van der Waals surface area contributed by atoms with E-state index in [1.165, 1.54) is 30.5 Å². The van der Waals surface area contributed by atoms with E-state index >= 15 is 0 Å². The minimum absolute atomic E-state index is 0.0842. The summed E-state index contributed by atoms with van der Waals surface area (Å²) in [6, 6.07) is 10.3. The van der Waals surface area contributed by atoms with E-state index in [0.717, 1.165) is 0 Å². The number of carbonyl (C=O) groups is 1. The molecule has 7 nitrogen and oxygen atoms in total. The summed E-state index contributed by atoms with van der Waals surface area (Å²) in [5.74, 6) is 0.101. The SMILES string of the molecule is CCOc1ccc(/C=N/NC(=O)c2ccc([N+](=O)[O-])cc2)cc1Cl. The number of carbonyl (C=O) groups excluding carboxylic acids is 1. The first-order valence-corrected chi connectivity index (χ1v) is 7.39. The second kappa shape index (κ2) is 8.07. The first-order chi connectivity index (χ1) is 11.5. The number of rotatable bonds is 6. The summed E-state index contributed by atoms with van der Waals surface area (Å²) in [6.07, 6.45) is 1.44. The molecule has 2 aromatic rings. The molecule has 0 atom stereocenters. The van der Waals surface area contributed by atoms with Gasteiger partial charge in [0.15, 0.2) is 0 Å². The Kier molecular flexibility index (Phi) is 5.86. The predicted molar refractivity (Wildman–Crippen MR) is 90.8 cm³/mol. The first kappa shape index (κ1) is 17.4. The molecular formula is C16H14ClN3O4. The van der Waals surface area contributed by atoms with Gasteiger partial charge in [0.2, 0.25) is 0 Å². The van der Waals surface area contributed by atoms with Crippen molar-refractivity contribution < 1.29 is 14.5 Å². The van der Waals surface area contributed by atoms with Crippen LogP contribution < -0.4 is 10.2 Å². The van der Waals surface area contributed by atoms with Gasteiger partial charge in [-0.3, -0.25) is 14.9 Å². The van der Waals surface area contributed by atoms with E-state index in [1.807, 2.05) is 6.92 Å². The lowest BCUT2D eigenvalue weighted by Crippen LogP contribution is -2.17. The molecule has 2 rings (SSSR count). The maximum absolute atomic E-state index is 11.9. The lowest BCUT2D eigenvalue weighted by molar-refractivity contribution is -0.384. The molecule has 8 heteroatoms. The van der Waals surface area contributed by atoms with Crippen LogP contribution in [0, 0.1) is 10.1 Å². The van der Waals surface area contributed by atoms with Gasteiger partial charge in [0.05, 0.1) is 22.8 Å². The highest BCUT2D eigenvalue weighted by molar-refractivity contribution is 6.32. The van der Waals surface area contributed by atoms with Gasteiger partial charge in [0.25, 0.3) is 11.6 Å². The number of hydrogen-bond acceptors (Lipinski definition) is 5. The molecule has 0 aliphatic heterocycles. The molecule has 0 heterocycles. The largest absolute Gasteiger partial charge is 0.492 e. The molecule has 0 saturated heterocycles. The third-order valence-electron chi connectivity index (χ3n) is 2.98. The zero-order valence-corrected chi connectivity index (χ0v) is 13.5. The molecule has 0 unspecified atom stereocenters. The van der Waals surface area contributed by atoms with Crippen molar-refractivity contribution in [2.75, 3.05) is 6.61 Å². The number of ether oxygens (including phenoxy) is 1. The Morgan fingerprint density at radius 2 is 2.04 bits per heavy atom. The van der Waals surface area contributed by atoms with Crippen LogP contribution in [0.1, 0.15) is 22.8 Å². The molecule has 0 aromatic heterocycles. The molecule has 24 heavy (non-hydrogen) atoms. The Morgan fingerprint density at radius 1 is 1.33 bits per heavy atom. The minimum atomic E-state index is -0.532. The predicted octanol–water partition coefficient (Wildman–Crippen LogP) is 3.41. The fourth-order valence-corrected chi connectivity index (χ4v) is 2.08. The van der Waals surface area contributed by atoms with Crippen LogP contribution in [0.25, 0.3) is 0 Å². The number of halogens is 1. The van der Waals surface area contributed by atoms with Crippen molar-refractivity contribution in [3.8, 4) is 5.75 Å². The Balaban J connectivity index is 1.99. The second-order valence-corrected chi connectivity index (χ2v) is 5.03. The number of hydrazone groups is 1. The highest BCUT2D eigenvalue weighted by Gasteiger charge is 2.08. The van der Waals surface area contributed by atoms with E-state index < -0.39 is 10.8 Å². The van der Waals surface area contributed by atoms with Gasteiger partial charge in [0.1, 0.15) is 5.75 Å². The van der Waals surface area contributed by atoms with Crippen molar-refractivity contribution in [2.45, 2.75) is 6.92 Å². The monoisotopic (exact) mass is 347 g/mol. The third kappa shape index (κ3) is 4.53. The molecule has 0 fully saturated rings. The van der Waals surface area contributed by atoms with E-state index in [0.29, 0.717) is 22.9 Å². The van der Waals surface area contributed by atoms with Crippen molar-refractivity contribution >= 4 is 29.4 Å². The lowest BCUT2D eigenvalue weighted by Gasteiger charge is -2.05. The van der Waals surface area contributed by atoms with Gasteiger partial charge < -0.3 is 4.74 Å². The van der Waals surface area contributed by atoms with Gasteiger partial charge in [0, 0.05) is 17.7 Å². The van der Waals surface area contributed by atoms with Crippen LogP contribution in [0.2, 0.25) is 5.02 Å². The number of benzene rings is 2. The van der Waals surface area contributed by atoms with Gasteiger partial charge in [-0.05, 0) is 42.8 Å². The van der Waals surface area contributed by atoms with Crippen molar-refractivity contribution in [3.63, 3.8) is 0 Å². The van der Waals surface area contributed by atoms with Crippen LogP contribution in [0.4, 0.5) is 5.69 Å². The summed E-state index contributed by atoms with van der Waals surface area (Å²) < 4.78 is 5.32. The molecule has 0 spiro atoms. The van der Waals surface area contributed by atoms with Crippen molar-refractivity contribution in [1.82, 2.24) is 5.43 Å². The van der Waals surface area contributed by atoms with E-state index in [9.17, 15) is 14.9 Å². The van der Waals surface area contributed by atoms with Gasteiger partial charge in [-0.15, -0.1) is 0 Å². The fourth-order valence-electron chi connectivity index (χ4n) is 1.83. The maximum atomic E-state index is 11.9. The number of nitro benzene ring substituents is 1. The topological polar surface area (TPSA) is 93.8 Å². The molecule has 0 aliphatic rings. The zero-order valence-electron chi connectivity index (χ0n) is 12.7. The van der Waals surface area contributed by atoms with Crippen molar-refractivity contribution in [3.05, 3.63) is 68.7 Å². The number of non-ortho nitro benzene ring substituents is 1. The van der Waals surface area contributed by atoms with Gasteiger partial charge in [-0.2, -0.15) is 5.10 Å². The molecule has 1 N–H and O–H groups in total. The van der Waals surface area contributed by atoms with Crippen LogP contribution in [-0.4, -0.2) is 23.7 Å². The molecule has 0 bridgehead atoms. The minimum Gasteiger partial charge on any atom is -0.492 e. The van der Waals surface area contributed by atoms with Gasteiger partial charge in [-0.1, -0.05) is 11.6 Å². The molecule has 124 valence electrons. The van der Waals surface area contributed by atoms with E-state index in [2.05, 4.69) is 10.5 Å². The average molecular weight is 348 g/mol. The third-order valence-corrected chi connectivity index (χ3v) is 3.27. The van der Waals surface area contributed by atoms with Crippen LogP contribution in [-0.2, 0) is 0 Å².